The summed E-state index contributed by atoms with van der Waals surface area (Å²) >= 11 is 0. The Morgan fingerprint density at radius 1 is 0.727 bits per heavy atom. The Balaban J connectivity index is 1.07. The van der Waals surface area contributed by atoms with E-state index in [0.717, 1.165) is 31.7 Å². The van der Waals surface area contributed by atoms with Crippen molar-refractivity contribution in [1.29, 1.82) is 0 Å². The van der Waals surface area contributed by atoms with E-state index < -0.39 is 186 Å². The van der Waals surface area contributed by atoms with Gasteiger partial charge in [0.25, 0.3) is 5.91 Å². The SMILES string of the molecule is COc1ccc(C[C@@H]2NC(=O)[C@H]([C@@H](C)O)NC(=O)[C@@H]3C[C@H](F)CN3C(=O)[C@H](Cc3c[nH]c4ccc(F)cc34)NC(=O)[C@H](CCc3c[nH]c4ccc(F)cc34)NC(=O)[C@@H](C)NC(=O)[C@H](CCCCN)NC(=O)[C@@H](NC(=O)C(C)(C)F)CC(=O)NCCOc3ccc(cc3)C[C@@H](C(N)=O)NC(=O)[C@]3(C)CCCN3C2=O)cc1. The van der Waals surface area contributed by atoms with E-state index >= 15 is 27.6 Å². The first kappa shape index (κ1) is 82.9. The van der Waals surface area contributed by atoms with Crippen LogP contribution in [0.3, 0.4) is 0 Å². The number of unbranched alkanes of at least 4 members (excludes halogenated alkanes) is 1. The molecule has 2 aromatic heterocycles. The molecule has 6 aromatic rings. The first-order valence-corrected chi connectivity index (χ1v) is 36.4. The maximum atomic E-state index is 16.2. The van der Waals surface area contributed by atoms with Crippen LogP contribution in [0.15, 0.2) is 97.3 Å². The zero-order valence-electron chi connectivity index (χ0n) is 61.8. The molecule has 4 aliphatic heterocycles. The van der Waals surface area contributed by atoms with Gasteiger partial charge < -0.3 is 93.7 Å². The van der Waals surface area contributed by atoms with Gasteiger partial charge in [-0.05, 0) is 169 Å². The summed E-state index contributed by atoms with van der Waals surface area (Å²) in [6.45, 7) is 4.71. The minimum atomic E-state index is -2.57. The monoisotopic (exact) mass is 1530 g/mol. The molecule has 0 spiro atoms. The molecule has 4 aliphatic rings. The van der Waals surface area contributed by atoms with Crippen molar-refractivity contribution in [2.45, 2.75) is 190 Å². The van der Waals surface area contributed by atoms with E-state index in [1.54, 1.807) is 42.6 Å². The molecule has 0 unspecified atom stereocenters. The van der Waals surface area contributed by atoms with Gasteiger partial charge >= 0.3 is 0 Å². The van der Waals surface area contributed by atoms with Crippen molar-refractivity contribution in [1.82, 2.24) is 67.6 Å². The maximum absolute atomic E-state index is 16.2. The normalized spacial score (nSPS) is 24.9. The highest BCUT2D eigenvalue weighted by molar-refractivity contribution is 6.01. The van der Waals surface area contributed by atoms with Crippen LogP contribution in [0.4, 0.5) is 17.6 Å². The van der Waals surface area contributed by atoms with Gasteiger partial charge in [-0.25, -0.2) is 17.6 Å². The van der Waals surface area contributed by atoms with Gasteiger partial charge in [0, 0.05) is 66.4 Å². The highest BCUT2D eigenvalue weighted by atomic mass is 19.1. The molecule has 6 heterocycles. The Hall–Kier alpha value is -11.2. The summed E-state index contributed by atoms with van der Waals surface area (Å²) in [4.78, 5) is 182. The average Bonchev–Trinajstić information content (AvgIpc) is 1.60. The van der Waals surface area contributed by atoms with Gasteiger partial charge in [0.2, 0.25) is 65.0 Å². The Morgan fingerprint density at radius 3 is 1.97 bits per heavy atom. The van der Waals surface area contributed by atoms with Crippen LogP contribution in [-0.4, -0.2) is 214 Å². The van der Waals surface area contributed by atoms with Gasteiger partial charge in [0.15, 0.2) is 5.67 Å². The average molecular weight is 1530 g/mol. The minimum absolute atomic E-state index is 0.0256. The molecule has 10 rings (SSSR count). The summed E-state index contributed by atoms with van der Waals surface area (Å²) in [7, 11) is 1.44. The lowest BCUT2D eigenvalue weighted by Crippen LogP contribution is -2.64. The molecule has 16 N–H and O–H groups in total. The largest absolute Gasteiger partial charge is 0.497 e. The van der Waals surface area contributed by atoms with Crippen molar-refractivity contribution in [2.75, 3.05) is 39.9 Å². The number of amides is 12. The van der Waals surface area contributed by atoms with Crippen molar-refractivity contribution in [3.63, 3.8) is 0 Å². The van der Waals surface area contributed by atoms with Crippen LogP contribution in [0.2, 0.25) is 0 Å². The number of nitrogens with zero attached hydrogens (tertiary/aromatic N) is 2. The highest BCUT2D eigenvalue weighted by Gasteiger charge is 2.50. The molecular weight excluding hydrogens is 1440 g/mol. The molecule has 0 saturated carbocycles. The number of nitrogens with one attached hydrogen (secondary N) is 11. The quantitative estimate of drug-likeness (QED) is 0.0370. The zero-order valence-corrected chi connectivity index (χ0v) is 61.8. The summed E-state index contributed by atoms with van der Waals surface area (Å²) in [6, 6.07) is 5.42. The third kappa shape index (κ3) is 21.2. The number of H-pyrrole nitrogens is 2. The number of hydrogen-bond donors (Lipinski definition) is 14. The van der Waals surface area contributed by atoms with E-state index in [-0.39, 0.29) is 94.3 Å². The fourth-order valence-corrected chi connectivity index (χ4v) is 13.6. The van der Waals surface area contributed by atoms with E-state index in [1.807, 2.05) is 0 Å². The number of benzene rings is 4. The van der Waals surface area contributed by atoms with Gasteiger partial charge in [-0.15, -0.1) is 0 Å². The number of methoxy groups -OCH3 is 1. The maximum Gasteiger partial charge on any atom is 0.257 e. The van der Waals surface area contributed by atoms with Crippen molar-refractivity contribution in [3.8, 4) is 11.5 Å². The number of halogens is 4. The molecule has 2 fully saturated rings. The summed E-state index contributed by atoms with van der Waals surface area (Å²) in [5, 5.41) is 35.0. The fourth-order valence-electron chi connectivity index (χ4n) is 13.6. The second-order valence-corrected chi connectivity index (χ2v) is 28.7. The summed E-state index contributed by atoms with van der Waals surface area (Å²) in [5.74, 6) is -12.8. The zero-order chi connectivity index (χ0) is 79.9. The highest BCUT2D eigenvalue weighted by Crippen LogP contribution is 2.32. The van der Waals surface area contributed by atoms with Crippen LogP contribution in [0.1, 0.15) is 108 Å². The summed E-state index contributed by atoms with van der Waals surface area (Å²) < 4.78 is 72.5. The standard InChI is InChI=1S/C76H95F4N15O15/c1-40-65(99)87-56(22-15-44-37-84-53-23-16-46(77)33-51(44)53)67(101)89-60(32-45-38-85-54-24-17-47(78)34-52(45)54)71(105)94-39-48(79)35-61(94)69(103)93-63(41(2)96)70(104)90-59(31-43-11-18-49(109-6)19-12-43)72(106)95-28-9-25-76(95,5)74(108)91-57(64(82)98)30-42-13-20-50(21-14-42)110-29-27-83-62(97)36-58(92-73(107)75(3,4)80)68(102)88-55(66(100)86-40)10-7-8-26-81/h11-14,16-21,23-24,33-34,37-38,40-41,48,55-61,63,84-85,96H,7-10,15,22,25-32,35-36,39,81H2,1-6H3,(H2,82,98)(H,83,97)(H,86,100)(H,87,99)(H,88,102)(H,89,101)(H,90,104)(H,91,108)(H,92,107)(H,93,103)/t40-,41-,48+,55+,56+,57+,58+,59+,60+,61+,63+,76+/m1/s1. The Bertz CT molecular complexity index is 4360. The number of fused-ring (bicyclic) bond motifs is 32. The van der Waals surface area contributed by atoms with Crippen LogP contribution >= 0.6 is 0 Å². The number of ether oxygens (including phenoxy) is 2. The van der Waals surface area contributed by atoms with Crippen LogP contribution < -0.4 is 68.8 Å². The van der Waals surface area contributed by atoms with E-state index in [1.165, 1.54) is 74.5 Å². The van der Waals surface area contributed by atoms with Gasteiger partial charge in [0.1, 0.15) is 95.8 Å². The molecule has 0 radical (unpaired) electrons. The Labute approximate surface area is 631 Å². The minimum Gasteiger partial charge on any atom is -0.497 e. The Morgan fingerprint density at radius 2 is 1.34 bits per heavy atom. The molecule has 0 aliphatic carbocycles. The van der Waals surface area contributed by atoms with Crippen molar-refractivity contribution in [2.24, 2.45) is 11.5 Å². The van der Waals surface area contributed by atoms with Gasteiger partial charge in [0.05, 0.1) is 32.7 Å². The lowest BCUT2D eigenvalue weighted by molar-refractivity contribution is -0.147. The number of aliphatic hydroxyl groups is 1. The number of aliphatic hydroxyl groups excluding tert-OH is 1. The first-order valence-electron chi connectivity index (χ1n) is 36.4. The molecule has 2 bridgehead atoms. The number of rotatable bonds is 16. The molecule has 12 atom stereocenters. The summed E-state index contributed by atoms with van der Waals surface area (Å²) in [6.07, 6.45) is -2.69. The number of nitrogens with two attached hydrogens (primary N) is 2. The van der Waals surface area contributed by atoms with Gasteiger partial charge in [-0.3, -0.25) is 57.5 Å². The number of primary amides is 1. The van der Waals surface area contributed by atoms with E-state index in [0.29, 0.717) is 45.3 Å². The smallest absolute Gasteiger partial charge is 0.257 e. The van der Waals surface area contributed by atoms with Crippen LogP contribution in [0.5, 0.6) is 11.5 Å². The number of aromatic nitrogens is 2. The second-order valence-electron chi connectivity index (χ2n) is 28.7. The van der Waals surface area contributed by atoms with E-state index in [2.05, 4.69) is 57.8 Å². The van der Waals surface area contributed by atoms with E-state index in [9.17, 15) is 52.6 Å². The van der Waals surface area contributed by atoms with Gasteiger partial charge in [-0.1, -0.05) is 24.3 Å². The molecule has 4 aromatic carbocycles. The van der Waals surface area contributed by atoms with Crippen molar-refractivity contribution in [3.05, 3.63) is 131 Å². The fraction of sp³-hybridized carbons (Fsp3) is 0.474. The lowest BCUT2D eigenvalue weighted by atomic mass is 9.94. The molecule has 34 heteroatoms. The molecule has 2 saturated heterocycles. The number of alkyl halides is 2. The molecule has 592 valence electrons. The third-order valence-corrected chi connectivity index (χ3v) is 19.9. The van der Waals surface area contributed by atoms with Crippen LogP contribution in [0, 0.1) is 11.6 Å². The number of aromatic amines is 2. The topological polar surface area (TPSA) is 442 Å². The molecule has 30 nitrogen and oxygen atoms in total. The van der Waals surface area contributed by atoms with E-state index in [4.69, 9.17) is 20.9 Å². The van der Waals surface area contributed by atoms with Crippen molar-refractivity contribution >= 4 is 92.7 Å². The predicted octanol–water partition coefficient (Wildman–Crippen LogP) is 1.46. The third-order valence-electron chi connectivity index (χ3n) is 19.9. The Kier molecular flexibility index (Phi) is 27.8. The molecule has 110 heavy (non-hydrogen) atoms. The molecule has 12 amide bonds. The second kappa shape index (κ2) is 36.8. The number of carbonyl (C=O) groups excluding carboxylic acids is 12. The molecular formula is C76H95F4N15O15. The van der Waals surface area contributed by atoms with Crippen LogP contribution in [0.25, 0.3) is 21.8 Å². The predicted molar refractivity (Wildman–Crippen MR) is 393 cm³/mol. The first-order chi connectivity index (χ1) is 52.2. The number of hydrogen-bond acceptors (Lipinski definition) is 16. The number of carbonyl (C=O) groups is 12. The number of aryl methyl sites for hydroxylation is 1. The van der Waals surface area contributed by atoms with Gasteiger partial charge in [-0.2, -0.15) is 0 Å². The van der Waals surface area contributed by atoms with Crippen molar-refractivity contribution < 1.29 is 89.7 Å². The van der Waals surface area contributed by atoms with Crippen LogP contribution in [-0.2, 0) is 83.2 Å². The lowest BCUT2D eigenvalue weighted by Gasteiger charge is -2.37. The summed E-state index contributed by atoms with van der Waals surface area (Å²) in [5.41, 5.74) is 10.0.